The fraction of sp³-hybridized carbons (Fsp3) is 0.188. The molecule has 0 bridgehead atoms. The predicted octanol–water partition coefficient (Wildman–Crippen LogP) is 5.09. The highest BCUT2D eigenvalue weighted by Crippen LogP contribution is 2.27. The SMILES string of the molecule is COc1ccc(CSCC(=O)Nc2ccccc2Br)cc1Br. The second-order valence-electron chi connectivity index (χ2n) is 4.49. The predicted molar refractivity (Wildman–Crippen MR) is 99.6 cm³/mol. The standard InChI is InChI=1S/C16H15Br2NO2S/c1-21-15-7-6-11(8-13(15)18)9-22-10-16(20)19-14-5-3-2-4-12(14)17/h2-8H,9-10H2,1H3,(H,19,20). The van der Waals surface area contributed by atoms with Gasteiger partial charge in [0.1, 0.15) is 5.75 Å². The molecule has 0 aromatic heterocycles. The minimum absolute atomic E-state index is 0.00974. The lowest BCUT2D eigenvalue weighted by Gasteiger charge is -2.08. The van der Waals surface area contributed by atoms with Gasteiger partial charge in [0.15, 0.2) is 0 Å². The molecule has 22 heavy (non-hydrogen) atoms. The number of nitrogens with one attached hydrogen (secondary N) is 1. The van der Waals surface area contributed by atoms with Crippen LogP contribution in [-0.2, 0) is 10.5 Å². The number of methoxy groups -OCH3 is 1. The van der Waals surface area contributed by atoms with Gasteiger partial charge in [-0.2, -0.15) is 0 Å². The third-order valence-corrected chi connectivity index (χ3v) is 5.18. The molecule has 0 radical (unpaired) electrons. The van der Waals surface area contributed by atoms with Crippen molar-refractivity contribution in [3.05, 3.63) is 57.0 Å². The molecule has 1 N–H and O–H groups in total. The Kier molecular flexibility index (Phi) is 6.79. The van der Waals surface area contributed by atoms with Crippen molar-refractivity contribution in [2.75, 3.05) is 18.2 Å². The topological polar surface area (TPSA) is 38.3 Å². The molecule has 0 atom stereocenters. The molecule has 0 aliphatic rings. The fourth-order valence-corrected chi connectivity index (χ4v) is 3.56. The van der Waals surface area contributed by atoms with Crippen molar-refractivity contribution in [1.82, 2.24) is 0 Å². The van der Waals surface area contributed by atoms with Crippen LogP contribution in [0.15, 0.2) is 51.4 Å². The highest BCUT2D eigenvalue weighted by atomic mass is 79.9. The molecule has 3 nitrogen and oxygen atoms in total. The Bertz CT molecular complexity index is 664. The van der Waals surface area contributed by atoms with Crippen LogP contribution in [0.5, 0.6) is 5.75 Å². The Hall–Kier alpha value is -0.980. The van der Waals surface area contributed by atoms with Gasteiger partial charge in [-0.05, 0) is 61.7 Å². The number of amides is 1. The summed E-state index contributed by atoms with van der Waals surface area (Å²) >= 11 is 8.45. The number of thioether (sulfide) groups is 1. The van der Waals surface area contributed by atoms with Crippen LogP contribution in [0.2, 0.25) is 0 Å². The van der Waals surface area contributed by atoms with E-state index < -0.39 is 0 Å². The van der Waals surface area contributed by atoms with Crippen LogP contribution in [0.3, 0.4) is 0 Å². The van der Waals surface area contributed by atoms with Gasteiger partial charge in [0.25, 0.3) is 0 Å². The largest absolute Gasteiger partial charge is 0.496 e. The van der Waals surface area contributed by atoms with Gasteiger partial charge in [0.2, 0.25) is 5.91 Å². The summed E-state index contributed by atoms with van der Waals surface area (Å²) in [5, 5.41) is 2.89. The molecule has 0 aliphatic carbocycles. The molecule has 0 saturated carbocycles. The Balaban J connectivity index is 1.82. The lowest BCUT2D eigenvalue weighted by Crippen LogP contribution is -2.14. The van der Waals surface area contributed by atoms with Crippen LogP contribution >= 0.6 is 43.6 Å². The summed E-state index contributed by atoms with van der Waals surface area (Å²) in [4.78, 5) is 11.9. The zero-order valence-corrected chi connectivity index (χ0v) is 15.9. The molecular formula is C16H15Br2NO2S. The van der Waals surface area contributed by atoms with Gasteiger partial charge in [0.05, 0.1) is 23.0 Å². The van der Waals surface area contributed by atoms with Crippen molar-refractivity contribution in [2.45, 2.75) is 5.75 Å². The first kappa shape index (κ1) is 17.4. The van der Waals surface area contributed by atoms with Crippen LogP contribution < -0.4 is 10.1 Å². The van der Waals surface area contributed by atoms with E-state index >= 15 is 0 Å². The van der Waals surface area contributed by atoms with Crippen molar-refractivity contribution in [2.24, 2.45) is 0 Å². The van der Waals surface area contributed by atoms with Crippen LogP contribution in [0.1, 0.15) is 5.56 Å². The summed E-state index contributed by atoms with van der Waals surface area (Å²) < 4.78 is 7.00. The number of benzene rings is 2. The second-order valence-corrected chi connectivity index (χ2v) is 7.18. The van der Waals surface area contributed by atoms with Crippen molar-refractivity contribution >= 4 is 55.2 Å². The Morgan fingerprint density at radius 3 is 2.64 bits per heavy atom. The van der Waals surface area contributed by atoms with Crippen LogP contribution in [0.25, 0.3) is 0 Å². The smallest absolute Gasteiger partial charge is 0.234 e. The lowest BCUT2D eigenvalue weighted by molar-refractivity contribution is -0.113. The minimum Gasteiger partial charge on any atom is -0.496 e. The molecule has 2 aromatic rings. The van der Waals surface area contributed by atoms with E-state index in [1.807, 2.05) is 42.5 Å². The maximum absolute atomic E-state index is 11.9. The van der Waals surface area contributed by atoms with E-state index in [0.29, 0.717) is 5.75 Å². The van der Waals surface area contributed by atoms with E-state index in [4.69, 9.17) is 4.74 Å². The van der Waals surface area contributed by atoms with Crippen LogP contribution in [0, 0.1) is 0 Å². The Morgan fingerprint density at radius 2 is 1.95 bits per heavy atom. The molecule has 0 unspecified atom stereocenters. The second kappa shape index (κ2) is 8.60. The van der Waals surface area contributed by atoms with Gasteiger partial charge in [-0.1, -0.05) is 18.2 Å². The summed E-state index contributed by atoms with van der Waals surface area (Å²) in [6.07, 6.45) is 0. The first-order valence-electron chi connectivity index (χ1n) is 6.54. The van der Waals surface area contributed by atoms with Crippen molar-refractivity contribution in [3.63, 3.8) is 0 Å². The third-order valence-electron chi connectivity index (χ3n) is 2.87. The molecular weight excluding hydrogens is 430 g/mol. The summed E-state index contributed by atoms with van der Waals surface area (Å²) in [6, 6.07) is 13.5. The summed E-state index contributed by atoms with van der Waals surface area (Å²) in [6.45, 7) is 0. The van der Waals surface area contributed by atoms with E-state index in [2.05, 4.69) is 37.2 Å². The van der Waals surface area contributed by atoms with Gasteiger partial charge in [-0.25, -0.2) is 0 Å². The average Bonchev–Trinajstić information content (AvgIpc) is 2.50. The molecule has 2 aromatic carbocycles. The number of para-hydroxylation sites is 1. The zero-order chi connectivity index (χ0) is 15.9. The Morgan fingerprint density at radius 1 is 1.18 bits per heavy atom. The average molecular weight is 445 g/mol. The quantitative estimate of drug-likeness (QED) is 0.674. The molecule has 0 saturated heterocycles. The maximum Gasteiger partial charge on any atom is 0.234 e. The van der Waals surface area contributed by atoms with Crippen LogP contribution in [-0.4, -0.2) is 18.8 Å². The van der Waals surface area contributed by atoms with Gasteiger partial charge in [-0.3, -0.25) is 4.79 Å². The van der Waals surface area contributed by atoms with Gasteiger partial charge >= 0.3 is 0 Å². The molecule has 116 valence electrons. The summed E-state index contributed by atoms with van der Waals surface area (Å²) in [5.41, 5.74) is 1.94. The van der Waals surface area contributed by atoms with E-state index in [1.165, 1.54) is 0 Å². The lowest BCUT2D eigenvalue weighted by atomic mass is 10.2. The molecule has 0 spiro atoms. The van der Waals surface area contributed by atoms with Gasteiger partial charge in [-0.15, -0.1) is 11.8 Å². The highest BCUT2D eigenvalue weighted by molar-refractivity contribution is 9.11. The van der Waals surface area contributed by atoms with Crippen LogP contribution in [0.4, 0.5) is 5.69 Å². The highest BCUT2D eigenvalue weighted by Gasteiger charge is 2.06. The molecule has 0 aliphatic heterocycles. The number of anilines is 1. The molecule has 2 rings (SSSR count). The Labute approximate surface area is 151 Å². The van der Waals surface area contributed by atoms with Gasteiger partial charge < -0.3 is 10.1 Å². The molecule has 1 amide bonds. The number of rotatable bonds is 6. The minimum atomic E-state index is -0.00974. The van der Waals surface area contributed by atoms with E-state index in [0.717, 1.165) is 31.7 Å². The molecule has 0 heterocycles. The maximum atomic E-state index is 11.9. The normalized spacial score (nSPS) is 10.3. The molecule has 0 fully saturated rings. The number of ether oxygens (including phenoxy) is 1. The number of hydrogen-bond donors (Lipinski definition) is 1. The van der Waals surface area contributed by atoms with Gasteiger partial charge in [0, 0.05) is 10.2 Å². The number of carbonyl (C=O) groups excluding carboxylic acids is 1. The first-order valence-corrected chi connectivity index (χ1v) is 9.28. The summed E-state index contributed by atoms with van der Waals surface area (Å²) in [7, 11) is 1.64. The van der Waals surface area contributed by atoms with Crippen molar-refractivity contribution in [1.29, 1.82) is 0 Å². The third kappa shape index (κ3) is 5.04. The van der Waals surface area contributed by atoms with E-state index in [9.17, 15) is 4.79 Å². The number of carbonyl (C=O) groups is 1. The monoisotopic (exact) mass is 443 g/mol. The molecule has 6 heteroatoms. The first-order chi connectivity index (χ1) is 10.6. The van der Waals surface area contributed by atoms with Crippen molar-refractivity contribution < 1.29 is 9.53 Å². The number of halogens is 2. The van der Waals surface area contributed by atoms with E-state index in [1.54, 1.807) is 18.9 Å². The van der Waals surface area contributed by atoms with E-state index in [-0.39, 0.29) is 5.91 Å². The number of hydrogen-bond acceptors (Lipinski definition) is 3. The fourth-order valence-electron chi connectivity index (χ4n) is 1.81. The van der Waals surface area contributed by atoms with Crippen molar-refractivity contribution in [3.8, 4) is 5.75 Å². The summed E-state index contributed by atoms with van der Waals surface area (Å²) in [5.74, 6) is 1.97. The zero-order valence-electron chi connectivity index (χ0n) is 11.9.